The van der Waals surface area contributed by atoms with Gasteiger partial charge in [-0.05, 0) is 32.9 Å². The second-order valence-electron chi connectivity index (χ2n) is 4.25. The number of nitrogens with one attached hydrogen (secondary N) is 1. The summed E-state index contributed by atoms with van der Waals surface area (Å²) < 4.78 is 40.0. The van der Waals surface area contributed by atoms with E-state index in [0.717, 1.165) is 12.1 Å². The maximum absolute atomic E-state index is 12.9. The van der Waals surface area contributed by atoms with E-state index in [1.54, 1.807) is 20.8 Å². The highest BCUT2D eigenvalue weighted by atomic mass is 19.4. The van der Waals surface area contributed by atoms with Gasteiger partial charge in [0.25, 0.3) is 0 Å². The van der Waals surface area contributed by atoms with Gasteiger partial charge in [-0.1, -0.05) is 0 Å². The van der Waals surface area contributed by atoms with Crippen molar-refractivity contribution >= 4 is 5.82 Å². The molecule has 0 unspecified atom stereocenters. The molecule has 0 aromatic carbocycles. The van der Waals surface area contributed by atoms with Crippen molar-refractivity contribution in [2.24, 2.45) is 0 Å². The van der Waals surface area contributed by atoms with Gasteiger partial charge >= 0.3 is 6.18 Å². The monoisotopic (exact) mass is 285 g/mol. The molecule has 2 aromatic rings. The average Bonchev–Trinajstić information content (AvgIpc) is 2.67. The summed E-state index contributed by atoms with van der Waals surface area (Å²) in [6, 6.07) is 1.94. The Bertz CT molecular complexity index is 618. The molecule has 0 aliphatic heterocycles. The minimum absolute atomic E-state index is 0.0916. The summed E-state index contributed by atoms with van der Waals surface area (Å²) in [5.41, 5.74) is -0.772. The molecule has 0 saturated heterocycles. The van der Waals surface area contributed by atoms with E-state index in [9.17, 15) is 13.2 Å². The maximum Gasteiger partial charge on any atom is 0.416 e. The standard InChI is InChI=1S/C12H14F3N5/c1-4-16-10-5-9(12(13,14)15)6-11(18-10)20-8(3)17-7(2)19-20/h5-6H,4H2,1-3H3,(H,16,18). The van der Waals surface area contributed by atoms with Crippen molar-refractivity contribution in [1.29, 1.82) is 0 Å². The number of alkyl halides is 3. The van der Waals surface area contributed by atoms with Crippen molar-refractivity contribution in [2.45, 2.75) is 26.9 Å². The van der Waals surface area contributed by atoms with Gasteiger partial charge in [0.05, 0.1) is 5.56 Å². The molecule has 2 heterocycles. The number of aromatic nitrogens is 4. The largest absolute Gasteiger partial charge is 0.416 e. The van der Waals surface area contributed by atoms with Crippen LogP contribution in [0.1, 0.15) is 24.1 Å². The minimum Gasteiger partial charge on any atom is -0.370 e. The van der Waals surface area contributed by atoms with Gasteiger partial charge in [-0.25, -0.2) is 9.97 Å². The Morgan fingerprint density at radius 1 is 1.20 bits per heavy atom. The molecule has 1 N–H and O–H groups in total. The van der Waals surface area contributed by atoms with Crippen LogP contribution in [0.15, 0.2) is 12.1 Å². The summed E-state index contributed by atoms with van der Waals surface area (Å²) in [6.07, 6.45) is -4.44. The lowest BCUT2D eigenvalue weighted by molar-refractivity contribution is -0.137. The first-order valence-electron chi connectivity index (χ1n) is 6.05. The van der Waals surface area contributed by atoms with E-state index in [2.05, 4.69) is 20.4 Å². The Morgan fingerprint density at radius 3 is 2.40 bits per heavy atom. The molecule has 0 aliphatic carbocycles. The van der Waals surface area contributed by atoms with Crippen molar-refractivity contribution in [3.63, 3.8) is 0 Å². The normalized spacial score (nSPS) is 11.7. The number of pyridine rings is 1. The summed E-state index contributed by atoms with van der Waals surface area (Å²) in [5, 5.41) is 6.84. The van der Waals surface area contributed by atoms with Crippen LogP contribution in [0.2, 0.25) is 0 Å². The van der Waals surface area contributed by atoms with Crippen LogP contribution in [-0.4, -0.2) is 26.3 Å². The Morgan fingerprint density at radius 2 is 1.90 bits per heavy atom. The summed E-state index contributed by atoms with van der Waals surface area (Å²) in [4.78, 5) is 8.20. The van der Waals surface area contributed by atoms with Crippen LogP contribution in [0, 0.1) is 13.8 Å². The lowest BCUT2D eigenvalue weighted by atomic mass is 10.2. The second kappa shape index (κ2) is 5.10. The summed E-state index contributed by atoms with van der Waals surface area (Å²) in [6.45, 7) is 5.59. The van der Waals surface area contributed by atoms with Gasteiger partial charge in [-0.3, -0.25) is 0 Å². The van der Waals surface area contributed by atoms with E-state index in [1.807, 2.05) is 0 Å². The molecule has 0 bridgehead atoms. The van der Waals surface area contributed by atoms with Crippen LogP contribution >= 0.6 is 0 Å². The molecule has 0 aliphatic rings. The van der Waals surface area contributed by atoms with E-state index in [1.165, 1.54) is 4.68 Å². The van der Waals surface area contributed by atoms with E-state index < -0.39 is 11.7 Å². The maximum atomic E-state index is 12.9. The quantitative estimate of drug-likeness (QED) is 0.942. The van der Waals surface area contributed by atoms with Gasteiger partial charge in [-0.15, -0.1) is 5.10 Å². The van der Waals surface area contributed by atoms with E-state index in [0.29, 0.717) is 18.2 Å². The van der Waals surface area contributed by atoms with E-state index in [4.69, 9.17) is 0 Å². The molecule has 0 spiro atoms. The van der Waals surface area contributed by atoms with Crippen LogP contribution in [0.5, 0.6) is 0 Å². The number of rotatable bonds is 3. The summed E-state index contributed by atoms with van der Waals surface area (Å²) in [7, 11) is 0. The van der Waals surface area contributed by atoms with Crippen LogP contribution in [0.4, 0.5) is 19.0 Å². The molecular weight excluding hydrogens is 271 g/mol. The van der Waals surface area contributed by atoms with Gasteiger partial charge in [0, 0.05) is 6.54 Å². The number of aryl methyl sites for hydroxylation is 2. The number of halogens is 3. The minimum atomic E-state index is -4.44. The molecule has 0 fully saturated rings. The molecular formula is C12H14F3N5. The predicted molar refractivity (Wildman–Crippen MR) is 67.8 cm³/mol. The molecule has 2 rings (SSSR count). The van der Waals surface area contributed by atoms with Gasteiger partial charge < -0.3 is 5.32 Å². The Balaban J connectivity index is 2.57. The Hall–Kier alpha value is -2.12. The topological polar surface area (TPSA) is 55.6 Å². The molecule has 0 atom stereocenters. The zero-order valence-electron chi connectivity index (χ0n) is 11.3. The summed E-state index contributed by atoms with van der Waals surface area (Å²) in [5.74, 6) is 1.21. The SMILES string of the molecule is CCNc1cc(C(F)(F)F)cc(-n2nc(C)nc2C)n1. The molecule has 0 amide bonds. The zero-order chi connectivity index (χ0) is 14.9. The average molecular weight is 285 g/mol. The first-order chi connectivity index (χ1) is 9.31. The number of nitrogens with zero attached hydrogens (tertiary/aromatic N) is 4. The van der Waals surface area contributed by atoms with Gasteiger partial charge in [-0.2, -0.15) is 17.9 Å². The molecule has 2 aromatic heterocycles. The predicted octanol–water partition coefficient (Wildman–Crippen LogP) is 2.73. The smallest absolute Gasteiger partial charge is 0.370 e. The van der Waals surface area contributed by atoms with Crippen LogP contribution in [0.25, 0.3) is 5.82 Å². The fraction of sp³-hybridized carbons (Fsp3) is 0.417. The van der Waals surface area contributed by atoms with Crippen molar-refractivity contribution in [2.75, 3.05) is 11.9 Å². The van der Waals surface area contributed by atoms with Crippen LogP contribution in [0.3, 0.4) is 0 Å². The van der Waals surface area contributed by atoms with Crippen LogP contribution < -0.4 is 5.32 Å². The number of hydrogen-bond acceptors (Lipinski definition) is 4. The first kappa shape index (κ1) is 14.3. The third-order valence-electron chi connectivity index (χ3n) is 2.59. The molecule has 108 valence electrons. The number of anilines is 1. The summed E-state index contributed by atoms with van der Waals surface area (Å²) >= 11 is 0. The molecule has 8 heteroatoms. The van der Waals surface area contributed by atoms with Crippen molar-refractivity contribution in [3.05, 3.63) is 29.3 Å². The van der Waals surface area contributed by atoms with Crippen LogP contribution in [-0.2, 0) is 6.18 Å². The van der Waals surface area contributed by atoms with Gasteiger partial charge in [0.15, 0.2) is 5.82 Å². The number of hydrogen-bond donors (Lipinski definition) is 1. The van der Waals surface area contributed by atoms with Crippen molar-refractivity contribution < 1.29 is 13.2 Å². The Kier molecular flexibility index (Phi) is 3.65. The molecule has 0 saturated carbocycles. The third kappa shape index (κ3) is 2.89. The fourth-order valence-corrected chi connectivity index (χ4v) is 1.80. The third-order valence-corrected chi connectivity index (χ3v) is 2.59. The second-order valence-corrected chi connectivity index (χ2v) is 4.25. The zero-order valence-corrected chi connectivity index (χ0v) is 11.3. The lowest BCUT2D eigenvalue weighted by Gasteiger charge is -2.12. The molecule has 20 heavy (non-hydrogen) atoms. The lowest BCUT2D eigenvalue weighted by Crippen LogP contribution is -2.12. The fourth-order valence-electron chi connectivity index (χ4n) is 1.80. The Labute approximate surface area is 113 Å². The highest BCUT2D eigenvalue weighted by Crippen LogP contribution is 2.31. The molecule has 0 radical (unpaired) electrons. The first-order valence-corrected chi connectivity index (χ1v) is 6.05. The van der Waals surface area contributed by atoms with Gasteiger partial charge in [0.2, 0.25) is 0 Å². The van der Waals surface area contributed by atoms with Crippen molar-refractivity contribution in [3.8, 4) is 5.82 Å². The molecule has 5 nitrogen and oxygen atoms in total. The van der Waals surface area contributed by atoms with Gasteiger partial charge in [0.1, 0.15) is 17.5 Å². The highest BCUT2D eigenvalue weighted by Gasteiger charge is 2.32. The highest BCUT2D eigenvalue weighted by molar-refractivity contribution is 5.45. The van der Waals surface area contributed by atoms with E-state index in [-0.39, 0.29) is 11.6 Å². The van der Waals surface area contributed by atoms with E-state index >= 15 is 0 Å². The van der Waals surface area contributed by atoms with Crippen molar-refractivity contribution in [1.82, 2.24) is 19.7 Å².